The lowest BCUT2D eigenvalue weighted by Gasteiger charge is -2.31. The van der Waals surface area contributed by atoms with E-state index in [1.54, 1.807) is 25.2 Å². The van der Waals surface area contributed by atoms with Crippen LogP contribution in [0.4, 0.5) is 0 Å². The fraction of sp³-hybridized carbons (Fsp3) is 0.500. The van der Waals surface area contributed by atoms with Gasteiger partial charge in [0.25, 0.3) is 0 Å². The maximum Gasteiger partial charge on any atom is 0.244 e. The van der Waals surface area contributed by atoms with Crippen molar-refractivity contribution in [2.24, 2.45) is 0 Å². The maximum atomic E-state index is 12.6. The van der Waals surface area contributed by atoms with E-state index in [1.165, 1.54) is 4.31 Å². The maximum absolute atomic E-state index is 12.6. The monoisotopic (exact) mass is 366 g/mol. The summed E-state index contributed by atoms with van der Waals surface area (Å²) >= 11 is 9.12. The topological polar surface area (TPSA) is 49.4 Å². The van der Waals surface area contributed by atoms with Gasteiger partial charge in [-0.15, -0.1) is 0 Å². The zero-order valence-electron chi connectivity index (χ0n) is 10.6. The molecule has 0 atom stereocenters. The average molecular weight is 368 g/mol. The van der Waals surface area contributed by atoms with Crippen LogP contribution in [-0.4, -0.2) is 38.9 Å². The lowest BCUT2D eigenvalue weighted by atomic mass is 10.1. The molecule has 0 aliphatic carbocycles. The Kier molecular flexibility index (Phi) is 4.89. The summed E-state index contributed by atoms with van der Waals surface area (Å²) in [6.45, 7) is 1.71. The number of sulfonamides is 1. The number of hydrogen-bond acceptors (Lipinski definition) is 3. The van der Waals surface area contributed by atoms with Crippen molar-refractivity contribution < 1.29 is 8.42 Å². The van der Waals surface area contributed by atoms with Gasteiger partial charge in [-0.3, -0.25) is 0 Å². The smallest absolute Gasteiger partial charge is 0.244 e. The number of nitrogens with zero attached hydrogens (tertiary/aromatic N) is 1. The van der Waals surface area contributed by atoms with Crippen molar-refractivity contribution in [1.82, 2.24) is 9.62 Å². The summed E-state index contributed by atoms with van der Waals surface area (Å²) in [4.78, 5) is 0.262. The van der Waals surface area contributed by atoms with Crippen LogP contribution >= 0.6 is 27.5 Å². The van der Waals surface area contributed by atoms with E-state index in [1.807, 2.05) is 0 Å². The van der Waals surface area contributed by atoms with Gasteiger partial charge < -0.3 is 5.32 Å². The lowest BCUT2D eigenvalue weighted by molar-refractivity contribution is 0.296. The molecule has 0 radical (unpaired) electrons. The molecule has 106 valence electrons. The highest BCUT2D eigenvalue weighted by Crippen LogP contribution is 2.29. The van der Waals surface area contributed by atoms with E-state index in [-0.39, 0.29) is 10.9 Å². The Labute approximate surface area is 127 Å². The highest BCUT2D eigenvalue weighted by Gasteiger charge is 2.30. The number of hydrogen-bond donors (Lipinski definition) is 1. The molecular formula is C12H16BrClN2O2S. The first-order valence-corrected chi connectivity index (χ1v) is 8.68. The van der Waals surface area contributed by atoms with Crippen molar-refractivity contribution in [3.63, 3.8) is 0 Å². The zero-order chi connectivity index (χ0) is 14.0. The fourth-order valence-corrected chi connectivity index (χ4v) is 4.96. The summed E-state index contributed by atoms with van der Waals surface area (Å²) in [6, 6.07) is 4.79. The first kappa shape index (κ1) is 15.3. The Hall–Kier alpha value is -0.140. The van der Waals surface area contributed by atoms with Gasteiger partial charge in [0, 0.05) is 22.6 Å². The fourth-order valence-electron chi connectivity index (χ4n) is 2.21. The van der Waals surface area contributed by atoms with E-state index in [2.05, 4.69) is 21.2 Å². The van der Waals surface area contributed by atoms with Crippen LogP contribution in [0.1, 0.15) is 12.8 Å². The molecule has 4 nitrogen and oxygen atoms in total. The first-order valence-electron chi connectivity index (χ1n) is 6.07. The van der Waals surface area contributed by atoms with Gasteiger partial charge >= 0.3 is 0 Å². The molecule has 0 bridgehead atoms. The second-order valence-corrected chi connectivity index (χ2v) is 7.83. The summed E-state index contributed by atoms with van der Waals surface area (Å²) in [5, 5.41) is 3.74. The van der Waals surface area contributed by atoms with Crippen molar-refractivity contribution in [2.75, 3.05) is 20.1 Å². The summed E-state index contributed by atoms with van der Waals surface area (Å²) < 4.78 is 27.2. The third-order valence-electron chi connectivity index (χ3n) is 3.37. The lowest BCUT2D eigenvalue weighted by Crippen LogP contribution is -2.43. The highest BCUT2D eigenvalue weighted by atomic mass is 79.9. The molecule has 2 rings (SSSR count). The molecule has 0 amide bonds. The SMILES string of the molecule is CN(C1CCNCC1)S(=O)(=O)c1ccc(Cl)cc1Br. The van der Waals surface area contributed by atoms with Crippen LogP contribution in [-0.2, 0) is 10.0 Å². The van der Waals surface area contributed by atoms with Crippen molar-refractivity contribution in [1.29, 1.82) is 0 Å². The van der Waals surface area contributed by atoms with E-state index < -0.39 is 10.0 Å². The normalized spacial score (nSPS) is 17.9. The van der Waals surface area contributed by atoms with Crippen LogP contribution in [0.25, 0.3) is 0 Å². The van der Waals surface area contributed by atoms with Crippen LogP contribution in [0.5, 0.6) is 0 Å². The predicted molar refractivity (Wildman–Crippen MR) is 80.0 cm³/mol. The van der Waals surface area contributed by atoms with E-state index >= 15 is 0 Å². The molecule has 1 aromatic carbocycles. The standard InChI is InChI=1S/C12H16BrClN2O2S/c1-16(10-4-6-15-7-5-10)19(17,18)12-3-2-9(14)8-11(12)13/h2-3,8,10,15H,4-7H2,1H3. The molecule has 1 N–H and O–H groups in total. The van der Waals surface area contributed by atoms with Crippen molar-refractivity contribution in [2.45, 2.75) is 23.8 Å². The number of benzene rings is 1. The van der Waals surface area contributed by atoms with E-state index in [0.717, 1.165) is 25.9 Å². The molecule has 1 fully saturated rings. The first-order chi connectivity index (χ1) is 8.93. The van der Waals surface area contributed by atoms with Gasteiger partial charge in [-0.05, 0) is 60.1 Å². The van der Waals surface area contributed by atoms with Crippen molar-refractivity contribution >= 4 is 37.6 Å². The van der Waals surface area contributed by atoms with E-state index in [0.29, 0.717) is 9.50 Å². The second kappa shape index (κ2) is 6.10. The van der Waals surface area contributed by atoms with Crippen LogP contribution in [0, 0.1) is 0 Å². The molecular weight excluding hydrogens is 352 g/mol. The third-order valence-corrected chi connectivity index (χ3v) is 6.50. The summed E-state index contributed by atoms with van der Waals surface area (Å²) in [6.07, 6.45) is 1.67. The third kappa shape index (κ3) is 3.31. The van der Waals surface area contributed by atoms with Gasteiger partial charge in [-0.1, -0.05) is 11.6 Å². The summed E-state index contributed by atoms with van der Waals surface area (Å²) in [5.74, 6) is 0. The van der Waals surface area contributed by atoms with Crippen molar-refractivity contribution in [3.8, 4) is 0 Å². The van der Waals surface area contributed by atoms with Gasteiger partial charge in [-0.2, -0.15) is 4.31 Å². The largest absolute Gasteiger partial charge is 0.317 e. The van der Waals surface area contributed by atoms with Crippen LogP contribution in [0.15, 0.2) is 27.6 Å². The van der Waals surface area contributed by atoms with E-state index in [9.17, 15) is 8.42 Å². The molecule has 1 aromatic rings. The molecule has 1 heterocycles. The molecule has 7 heteroatoms. The van der Waals surface area contributed by atoms with Gasteiger partial charge in [0.2, 0.25) is 10.0 Å². The van der Waals surface area contributed by atoms with Crippen LogP contribution < -0.4 is 5.32 Å². The zero-order valence-corrected chi connectivity index (χ0v) is 13.7. The minimum atomic E-state index is -3.49. The summed E-state index contributed by atoms with van der Waals surface area (Å²) in [7, 11) is -1.84. The van der Waals surface area contributed by atoms with E-state index in [4.69, 9.17) is 11.6 Å². The Bertz CT molecular complexity index is 559. The Morgan fingerprint density at radius 2 is 2.00 bits per heavy atom. The minimum absolute atomic E-state index is 0.0498. The Morgan fingerprint density at radius 3 is 2.58 bits per heavy atom. The molecule has 0 saturated carbocycles. The van der Waals surface area contributed by atoms with Crippen LogP contribution in [0.3, 0.4) is 0 Å². The predicted octanol–water partition coefficient (Wildman–Crippen LogP) is 2.47. The Morgan fingerprint density at radius 1 is 1.37 bits per heavy atom. The molecule has 19 heavy (non-hydrogen) atoms. The second-order valence-electron chi connectivity index (χ2n) is 4.58. The molecule has 1 aliphatic rings. The van der Waals surface area contributed by atoms with Gasteiger partial charge in [-0.25, -0.2) is 8.42 Å². The molecule has 0 unspecified atom stereocenters. The highest BCUT2D eigenvalue weighted by molar-refractivity contribution is 9.10. The van der Waals surface area contributed by atoms with Crippen LogP contribution in [0.2, 0.25) is 5.02 Å². The minimum Gasteiger partial charge on any atom is -0.317 e. The molecule has 0 aromatic heterocycles. The molecule has 1 aliphatic heterocycles. The van der Waals surface area contributed by atoms with Gasteiger partial charge in [0.15, 0.2) is 0 Å². The van der Waals surface area contributed by atoms with Gasteiger partial charge in [0.1, 0.15) is 0 Å². The molecule has 0 spiro atoms. The average Bonchev–Trinajstić information content (AvgIpc) is 2.38. The Balaban J connectivity index is 2.30. The van der Waals surface area contributed by atoms with Gasteiger partial charge in [0.05, 0.1) is 4.90 Å². The summed E-state index contributed by atoms with van der Waals surface area (Å²) in [5.41, 5.74) is 0. The number of rotatable bonds is 3. The number of piperidine rings is 1. The quantitative estimate of drug-likeness (QED) is 0.893. The molecule has 1 saturated heterocycles. The number of nitrogens with one attached hydrogen (secondary N) is 1. The number of halogens is 2. The van der Waals surface area contributed by atoms with Crippen molar-refractivity contribution in [3.05, 3.63) is 27.7 Å².